The number of ether oxygens (including phenoxy) is 1. The van der Waals surface area contributed by atoms with Gasteiger partial charge in [0, 0.05) is 12.1 Å². The summed E-state index contributed by atoms with van der Waals surface area (Å²) in [6.45, 7) is 1.86. The minimum Gasteiger partial charge on any atom is -0.481 e. The summed E-state index contributed by atoms with van der Waals surface area (Å²) in [6.07, 6.45) is 4.39. The van der Waals surface area contributed by atoms with Crippen molar-refractivity contribution in [2.24, 2.45) is 5.92 Å². The molecular weight excluding hydrogens is 264 g/mol. The van der Waals surface area contributed by atoms with Gasteiger partial charge in [0.15, 0.2) is 18.2 Å². The number of rotatable bonds is 4. The molecule has 1 aromatic carbocycles. The van der Waals surface area contributed by atoms with E-state index in [1.807, 2.05) is 0 Å². The molecule has 2 atom stereocenters. The number of carbonyl (C=O) groups is 1. The van der Waals surface area contributed by atoms with E-state index in [0.29, 0.717) is 5.92 Å². The molecule has 0 radical (unpaired) electrons. The first-order valence-electron chi connectivity index (χ1n) is 6.93. The number of carbonyl (C=O) groups excluding carboxylic acids is 1. The number of benzene rings is 1. The van der Waals surface area contributed by atoms with Gasteiger partial charge in [-0.2, -0.15) is 0 Å². The molecule has 5 heteroatoms. The highest BCUT2D eigenvalue weighted by atomic mass is 19.1. The van der Waals surface area contributed by atoms with Crippen LogP contribution in [0.3, 0.4) is 0 Å². The summed E-state index contributed by atoms with van der Waals surface area (Å²) in [5.41, 5.74) is 0. The first-order chi connectivity index (χ1) is 9.56. The van der Waals surface area contributed by atoms with Gasteiger partial charge in [-0.3, -0.25) is 4.79 Å². The minimum atomic E-state index is -0.802. The molecule has 20 heavy (non-hydrogen) atoms. The fourth-order valence-electron chi connectivity index (χ4n) is 2.51. The second-order valence-electron chi connectivity index (χ2n) is 5.30. The lowest BCUT2D eigenvalue weighted by Crippen LogP contribution is -2.43. The predicted octanol–water partition coefficient (Wildman–Crippen LogP) is 3.04. The lowest BCUT2D eigenvalue weighted by molar-refractivity contribution is -0.124. The third-order valence-electron chi connectivity index (χ3n) is 3.71. The van der Waals surface area contributed by atoms with E-state index in [-0.39, 0.29) is 24.3 Å². The fraction of sp³-hybridized carbons (Fsp3) is 0.533. The predicted molar refractivity (Wildman–Crippen MR) is 71.4 cm³/mol. The van der Waals surface area contributed by atoms with Crippen LogP contribution in [0, 0.1) is 17.6 Å². The maximum Gasteiger partial charge on any atom is 0.258 e. The molecular formula is C15H19F2NO2. The summed E-state index contributed by atoms with van der Waals surface area (Å²) in [7, 11) is 0. The summed E-state index contributed by atoms with van der Waals surface area (Å²) < 4.78 is 31.1. The Hall–Kier alpha value is -1.65. The van der Waals surface area contributed by atoms with Gasteiger partial charge in [0.2, 0.25) is 0 Å². The zero-order valence-corrected chi connectivity index (χ0v) is 11.5. The lowest BCUT2D eigenvalue weighted by Gasteiger charge is -2.29. The highest BCUT2D eigenvalue weighted by Crippen LogP contribution is 2.23. The van der Waals surface area contributed by atoms with Crippen LogP contribution in [0.5, 0.6) is 5.75 Å². The van der Waals surface area contributed by atoms with Crippen molar-refractivity contribution in [3.05, 3.63) is 29.8 Å². The average Bonchev–Trinajstić information content (AvgIpc) is 2.40. The number of hydrogen-bond donors (Lipinski definition) is 1. The quantitative estimate of drug-likeness (QED) is 0.922. The lowest BCUT2D eigenvalue weighted by atomic mass is 9.86. The smallest absolute Gasteiger partial charge is 0.258 e. The number of hydrogen-bond acceptors (Lipinski definition) is 2. The molecule has 0 bridgehead atoms. The highest BCUT2D eigenvalue weighted by molar-refractivity contribution is 5.77. The van der Waals surface area contributed by atoms with E-state index in [1.54, 1.807) is 0 Å². The van der Waals surface area contributed by atoms with Crippen LogP contribution >= 0.6 is 0 Å². The Morgan fingerprint density at radius 1 is 1.35 bits per heavy atom. The van der Waals surface area contributed by atoms with Crippen molar-refractivity contribution in [3.63, 3.8) is 0 Å². The Morgan fingerprint density at radius 3 is 2.80 bits per heavy atom. The van der Waals surface area contributed by atoms with Crippen LogP contribution in [0.25, 0.3) is 0 Å². The first kappa shape index (κ1) is 14.8. The summed E-state index contributed by atoms with van der Waals surface area (Å²) in [4.78, 5) is 11.8. The summed E-state index contributed by atoms with van der Waals surface area (Å²) >= 11 is 0. The Kier molecular flexibility index (Phi) is 4.93. The molecule has 1 aromatic rings. The summed E-state index contributed by atoms with van der Waals surface area (Å²) in [5.74, 6) is -1.40. The van der Waals surface area contributed by atoms with E-state index in [2.05, 4.69) is 12.2 Å². The maximum absolute atomic E-state index is 13.3. The Morgan fingerprint density at radius 2 is 2.10 bits per heavy atom. The third-order valence-corrected chi connectivity index (χ3v) is 3.71. The molecule has 1 saturated carbocycles. The second kappa shape index (κ2) is 6.68. The molecule has 2 rings (SSSR count). The van der Waals surface area contributed by atoms with Gasteiger partial charge in [-0.05, 0) is 30.9 Å². The number of amides is 1. The standard InChI is InChI=1S/C15H19F2NO2/c1-10-4-2-3-5-13(10)18-15(19)9-20-14-7-6-11(16)8-12(14)17/h6-8,10,13H,2-5,9H2,1H3,(H,18,19). The van der Waals surface area contributed by atoms with Crippen molar-refractivity contribution in [2.45, 2.75) is 38.6 Å². The Balaban J connectivity index is 1.82. The minimum absolute atomic E-state index is 0.113. The molecule has 1 amide bonds. The molecule has 1 aliphatic carbocycles. The molecule has 1 fully saturated rings. The van der Waals surface area contributed by atoms with E-state index in [9.17, 15) is 13.6 Å². The van der Waals surface area contributed by atoms with Crippen molar-refractivity contribution in [3.8, 4) is 5.75 Å². The van der Waals surface area contributed by atoms with Crippen molar-refractivity contribution in [1.82, 2.24) is 5.32 Å². The van der Waals surface area contributed by atoms with Crippen LogP contribution in [0.4, 0.5) is 8.78 Å². The van der Waals surface area contributed by atoms with Gasteiger partial charge in [-0.15, -0.1) is 0 Å². The molecule has 3 nitrogen and oxygen atoms in total. The maximum atomic E-state index is 13.3. The average molecular weight is 283 g/mol. The van der Waals surface area contributed by atoms with Gasteiger partial charge in [0.25, 0.3) is 5.91 Å². The van der Waals surface area contributed by atoms with Gasteiger partial charge in [0.05, 0.1) is 0 Å². The van der Waals surface area contributed by atoms with Crippen molar-refractivity contribution in [1.29, 1.82) is 0 Å². The molecule has 2 unspecified atom stereocenters. The normalized spacial score (nSPS) is 22.4. The molecule has 110 valence electrons. The van der Waals surface area contributed by atoms with E-state index < -0.39 is 11.6 Å². The van der Waals surface area contributed by atoms with E-state index >= 15 is 0 Å². The van der Waals surface area contributed by atoms with Crippen molar-refractivity contribution < 1.29 is 18.3 Å². The SMILES string of the molecule is CC1CCCCC1NC(=O)COc1ccc(F)cc1F. The zero-order chi connectivity index (χ0) is 14.5. The van der Waals surface area contributed by atoms with Crippen LogP contribution in [0.15, 0.2) is 18.2 Å². The molecule has 0 heterocycles. The van der Waals surface area contributed by atoms with Gasteiger partial charge in [0.1, 0.15) is 5.82 Å². The Labute approximate surface area is 117 Å². The summed E-state index contributed by atoms with van der Waals surface area (Å²) in [6, 6.07) is 3.18. The van der Waals surface area contributed by atoms with Crippen LogP contribution in [-0.4, -0.2) is 18.6 Å². The van der Waals surface area contributed by atoms with Gasteiger partial charge in [-0.1, -0.05) is 19.8 Å². The fourth-order valence-corrected chi connectivity index (χ4v) is 2.51. The van der Waals surface area contributed by atoms with Crippen LogP contribution in [0.2, 0.25) is 0 Å². The second-order valence-corrected chi connectivity index (χ2v) is 5.30. The molecule has 1 aliphatic rings. The molecule has 0 aromatic heterocycles. The number of halogens is 2. The van der Waals surface area contributed by atoms with E-state index in [0.717, 1.165) is 31.4 Å². The zero-order valence-electron chi connectivity index (χ0n) is 11.5. The van der Waals surface area contributed by atoms with E-state index in [1.165, 1.54) is 12.5 Å². The number of nitrogens with one attached hydrogen (secondary N) is 1. The molecule has 0 spiro atoms. The molecule has 0 aliphatic heterocycles. The first-order valence-corrected chi connectivity index (χ1v) is 6.93. The van der Waals surface area contributed by atoms with Gasteiger partial charge in [-0.25, -0.2) is 8.78 Å². The third kappa shape index (κ3) is 3.92. The van der Waals surface area contributed by atoms with Crippen LogP contribution < -0.4 is 10.1 Å². The molecule has 1 N–H and O–H groups in total. The molecule has 0 saturated heterocycles. The van der Waals surface area contributed by atoms with Crippen molar-refractivity contribution in [2.75, 3.05) is 6.61 Å². The van der Waals surface area contributed by atoms with E-state index in [4.69, 9.17) is 4.74 Å². The topological polar surface area (TPSA) is 38.3 Å². The summed E-state index contributed by atoms with van der Waals surface area (Å²) in [5, 5.41) is 2.91. The van der Waals surface area contributed by atoms with Crippen LogP contribution in [-0.2, 0) is 4.79 Å². The highest BCUT2D eigenvalue weighted by Gasteiger charge is 2.22. The van der Waals surface area contributed by atoms with Crippen LogP contribution in [0.1, 0.15) is 32.6 Å². The monoisotopic (exact) mass is 283 g/mol. The van der Waals surface area contributed by atoms with Crippen molar-refractivity contribution >= 4 is 5.91 Å². The largest absolute Gasteiger partial charge is 0.481 e. The van der Waals surface area contributed by atoms with Gasteiger partial charge < -0.3 is 10.1 Å². The van der Waals surface area contributed by atoms with Gasteiger partial charge >= 0.3 is 0 Å². The Bertz CT molecular complexity index is 479.